The highest BCUT2D eigenvalue weighted by Crippen LogP contribution is 2.34. The number of nitrogens with zero attached hydrogens (tertiary/aromatic N) is 6. The van der Waals surface area contributed by atoms with Gasteiger partial charge in [0.1, 0.15) is 16.5 Å². The van der Waals surface area contributed by atoms with Gasteiger partial charge in [0.2, 0.25) is 0 Å². The molecular formula is C20H24F2N6O2S. The Labute approximate surface area is 180 Å². The van der Waals surface area contributed by atoms with Gasteiger partial charge in [0.15, 0.2) is 17.0 Å². The monoisotopic (exact) mass is 450 g/mol. The molecule has 4 rings (SSSR count). The quantitative estimate of drug-likeness (QED) is 0.597. The van der Waals surface area contributed by atoms with Crippen molar-refractivity contribution in [2.75, 3.05) is 18.0 Å². The molecule has 0 unspecified atom stereocenters. The predicted molar refractivity (Wildman–Crippen MR) is 113 cm³/mol. The lowest BCUT2D eigenvalue weighted by atomic mass is 9.96. The molecule has 1 aromatic carbocycles. The van der Waals surface area contributed by atoms with Crippen LogP contribution in [0.1, 0.15) is 44.1 Å². The number of alkyl halides is 2. The van der Waals surface area contributed by atoms with E-state index in [-0.39, 0.29) is 25.3 Å². The Morgan fingerprint density at radius 3 is 2.45 bits per heavy atom. The average Bonchev–Trinajstić information content (AvgIpc) is 3.24. The van der Waals surface area contributed by atoms with Crippen LogP contribution in [-0.4, -0.2) is 52.4 Å². The summed E-state index contributed by atoms with van der Waals surface area (Å²) in [4.78, 5) is 10.8. The molecule has 0 spiro atoms. The van der Waals surface area contributed by atoms with E-state index in [9.17, 15) is 17.2 Å². The second-order valence-corrected chi connectivity index (χ2v) is 9.81. The van der Waals surface area contributed by atoms with E-state index in [1.54, 1.807) is 16.8 Å². The maximum absolute atomic E-state index is 13.9. The van der Waals surface area contributed by atoms with Crippen LogP contribution >= 0.6 is 0 Å². The second kappa shape index (κ2) is 7.77. The zero-order chi connectivity index (χ0) is 22.4. The minimum absolute atomic E-state index is 0.0749. The molecule has 0 atom stereocenters. The van der Waals surface area contributed by atoms with E-state index >= 15 is 0 Å². The minimum Gasteiger partial charge on any atom is -0.348 e. The number of halogens is 2. The lowest BCUT2D eigenvalue weighted by Crippen LogP contribution is -2.27. The van der Waals surface area contributed by atoms with E-state index in [0.717, 1.165) is 5.56 Å². The van der Waals surface area contributed by atoms with Crippen LogP contribution in [0.2, 0.25) is 0 Å². The standard InChI is InChI=1S/C20H24F2N6O2S/c1-19(2,3)18-23-16(27-9-8-20(21,22)12-27)15-17(24-18)28(26-25-15)10-13-6-4-5-7-14(13)11-31(29)30/h4-7,31H,8-12H2,1-3H3. The van der Waals surface area contributed by atoms with Crippen LogP contribution < -0.4 is 4.90 Å². The average molecular weight is 451 g/mol. The molecule has 0 radical (unpaired) electrons. The number of benzene rings is 1. The molecule has 0 amide bonds. The summed E-state index contributed by atoms with van der Waals surface area (Å²) in [6, 6.07) is 7.19. The van der Waals surface area contributed by atoms with Crippen molar-refractivity contribution >= 4 is 27.7 Å². The number of hydrogen-bond donors (Lipinski definition) is 1. The number of fused-ring (bicyclic) bond motifs is 1. The van der Waals surface area contributed by atoms with Crippen LogP contribution in [0.15, 0.2) is 24.3 Å². The van der Waals surface area contributed by atoms with Crippen molar-refractivity contribution < 1.29 is 17.2 Å². The summed E-state index contributed by atoms with van der Waals surface area (Å²) in [5.41, 5.74) is 1.83. The Balaban J connectivity index is 1.81. The highest BCUT2D eigenvalue weighted by molar-refractivity contribution is 7.71. The van der Waals surface area contributed by atoms with Crippen LogP contribution in [0.3, 0.4) is 0 Å². The first-order valence-corrected chi connectivity index (χ1v) is 11.3. The third-order valence-electron chi connectivity index (χ3n) is 5.22. The van der Waals surface area contributed by atoms with Gasteiger partial charge < -0.3 is 4.90 Å². The van der Waals surface area contributed by atoms with Gasteiger partial charge in [-0.05, 0) is 11.1 Å². The molecule has 2 aromatic heterocycles. The summed E-state index contributed by atoms with van der Waals surface area (Å²) in [7, 11) is -2.58. The normalized spacial score (nSPS) is 16.5. The first-order chi connectivity index (χ1) is 14.5. The minimum atomic E-state index is -2.77. The summed E-state index contributed by atoms with van der Waals surface area (Å²) in [6.45, 7) is 5.86. The fourth-order valence-corrected chi connectivity index (χ4v) is 4.17. The molecule has 166 valence electrons. The number of thiol groups is 1. The summed E-state index contributed by atoms with van der Waals surface area (Å²) in [6.07, 6.45) is -0.238. The second-order valence-electron chi connectivity index (χ2n) is 8.83. The third-order valence-corrected chi connectivity index (χ3v) is 5.82. The van der Waals surface area contributed by atoms with E-state index < -0.39 is 28.6 Å². The molecule has 1 aliphatic heterocycles. The fraction of sp³-hybridized carbons (Fsp3) is 0.500. The first-order valence-electron chi connectivity index (χ1n) is 9.96. The molecule has 11 heteroatoms. The summed E-state index contributed by atoms with van der Waals surface area (Å²) in [5.74, 6) is -1.99. The number of anilines is 1. The van der Waals surface area contributed by atoms with Gasteiger partial charge in [-0.3, -0.25) is 0 Å². The zero-order valence-corrected chi connectivity index (χ0v) is 18.4. The first kappa shape index (κ1) is 21.5. The van der Waals surface area contributed by atoms with E-state index in [2.05, 4.69) is 20.3 Å². The molecule has 1 saturated heterocycles. The highest BCUT2D eigenvalue weighted by Gasteiger charge is 2.40. The molecule has 1 aliphatic rings. The van der Waals surface area contributed by atoms with Crippen molar-refractivity contribution in [3.8, 4) is 0 Å². The van der Waals surface area contributed by atoms with Crippen molar-refractivity contribution in [1.82, 2.24) is 25.0 Å². The van der Waals surface area contributed by atoms with Gasteiger partial charge in [-0.1, -0.05) is 50.3 Å². The van der Waals surface area contributed by atoms with Crippen LogP contribution in [0.25, 0.3) is 11.2 Å². The third kappa shape index (κ3) is 4.51. The lowest BCUT2D eigenvalue weighted by molar-refractivity contribution is 0.0257. The molecule has 0 aliphatic carbocycles. The zero-order valence-electron chi connectivity index (χ0n) is 17.5. The van der Waals surface area contributed by atoms with Crippen molar-refractivity contribution in [2.45, 2.75) is 50.8 Å². The Kier molecular flexibility index (Phi) is 5.40. The van der Waals surface area contributed by atoms with Gasteiger partial charge in [0, 0.05) is 18.4 Å². The largest absolute Gasteiger partial charge is 0.348 e. The molecule has 3 heterocycles. The van der Waals surface area contributed by atoms with Crippen LogP contribution in [-0.2, 0) is 28.4 Å². The van der Waals surface area contributed by atoms with Crippen molar-refractivity contribution in [2.24, 2.45) is 0 Å². The van der Waals surface area contributed by atoms with Gasteiger partial charge >= 0.3 is 0 Å². The fourth-order valence-electron chi connectivity index (χ4n) is 3.59. The number of hydrogen-bond acceptors (Lipinski definition) is 7. The van der Waals surface area contributed by atoms with Gasteiger partial charge in [-0.2, -0.15) is 0 Å². The topological polar surface area (TPSA) is 93.9 Å². The van der Waals surface area contributed by atoms with Gasteiger partial charge in [0.25, 0.3) is 5.92 Å². The van der Waals surface area contributed by atoms with Crippen molar-refractivity contribution in [3.05, 3.63) is 41.2 Å². The molecular weight excluding hydrogens is 426 g/mol. The Morgan fingerprint density at radius 2 is 1.84 bits per heavy atom. The van der Waals surface area contributed by atoms with E-state index in [4.69, 9.17) is 0 Å². The van der Waals surface area contributed by atoms with Crippen LogP contribution in [0.4, 0.5) is 14.6 Å². The van der Waals surface area contributed by atoms with E-state index in [1.807, 2.05) is 32.9 Å². The summed E-state index contributed by atoms with van der Waals surface area (Å²) in [5, 5.41) is 8.40. The van der Waals surface area contributed by atoms with Gasteiger partial charge in [-0.15, -0.1) is 5.10 Å². The molecule has 1 fully saturated rings. The van der Waals surface area contributed by atoms with Crippen molar-refractivity contribution in [1.29, 1.82) is 0 Å². The van der Waals surface area contributed by atoms with E-state index in [1.165, 1.54) is 4.90 Å². The summed E-state index contributed by atoms with van der Waals surface area (Å²) >= 11 is 0. The van der Waals surface area contributed by atoms with E-state index in [0.29, 0.717) is 28.4 Å². The molecule has 3 aromatic rings. The van der Waals surface area contributed by atoms with Crippen molar-refractivity contribution in [3.63, 3.8) is 0 Å². The van der Waals surface area contributed by atoms with Crippen LogP contribution in [0.5, 0.6) is 0 Å². The maximum Gasteiger partial charge on any atom is 0.266 e. The molecule has 0 saturated carbocycles. The number of aromatic nitrogens is 5. The summed E-state index contributed by atoms with van der Waals surface area (Å²) < 4.78 is 51.8. The van der Waals surface area contributed by atoms with Crippen LogP contribution in [0, 0.1) is 0 Å². The maximum atomic E-state index is 13.9. The van der Waals surface area contributed by atoms with Gasteiger partial charge in [0.05, 0.1) is 18.8 Å². The molecule has 0 bridgehead atoms. The Bertz CT molecular complexity index is 1190. The molecule has 0 N–H and O–H groups in total. The Hall–Kier alpha value is -2.69. The highest BCUT2D eigenvalue weighted by atomic mass is 32.2. The molecule has 31 heavy (non-hydrogen) atoms. The predicted octanol–water partition coefficient (Wildman–Crippen LogP) is 2.52. The Morgan fingerprint density at radius 1 is 1.13 bits per heavy atom. The van der Waals surface area contributed by atoms with Gasteiger partial charge in [-0.25, -0.2) is 31.8 Å². The number of rotatable bonds is 5. The smallest absolute Gasteiger partial charge is 0.266 e. The SMILES string of the molecule is CC(C)(C)c1nc(N2CCC(F)(F)C2)c2nnn(Cc3ccccc3C[SH](=O)=O)c2n1. The lowest BCUT2D eigenvalue weighted by Gasteiger charge is -2.22. The molecule has 8 nitrogen and oxygen atoms in total.